The number of alkyl halides is 2. The number of ether oxygens (including phenoxy) is 1. The molecule has 1 aliphatic rings. The van der Waals surface area contributed by atoms with E-state index >= 15 is 0 Å². The highest BCUT2D eigenvalue weighted by molar-refractivity contribution is 4.86. The van der Waals surface area contributed by atoms with Crippen molar-refractivity contribution >= 4 is 0 Å². The topological polar surface area (TPSA) is 60.2 Å². The monoisotopic (exact) mass is 261 g/mol. The summed E-state index contributed by atoms with van der Waals surface area (Å²) < 4.78 is 33.7. The number of nitrogens with one attached hydrogen (secondary N) is 1. The van der Waals surface area contributed by atoms with Crippen LogP contribution < -0.4 is 5.32 Å². The first-order chi connectivity index (χ1) is 8.74. The largest absolute Gasteiger partial charge is 0.425 e. The summed E-state index contributed by atoms with van der Waals surface area (Å²) >= 11 is 0. The molecule has 7 heteroatoms. The summed E-state index contributed by atoms with van der Waals surface area (Å²) in [6, 6.07) is 0.662. The van der Waals surface area contributed by atoms with Crippen LogP contribution in [0.2, 0.25) is 0 Å². The molecule has 5 nitrogen and oxygen atoms in total. The Balaban J connectivity index is 1.59. The van der Waals surface area contributed by atoms with Crippen LogP contribution in [0, 0.1) is 0 Å². The van der Waals surface area contributed by atoms with E-state index in [1.54, 1.807) is 0 Å². The van der Waals surface area contributed by atoms with Crippen LogP contribution in [0.1, 0.15) is 24.6 Å². The zero-order valence-corrected chi connectivity index (χ0v) is 10.1. The van der Waals surface area contributed by atoms with Gasteiger partial charge in [-0.3, -0.25) is 0 Å². The average molecular weight is 261 g/mol. The summed E-state index contributed by atoms with van der Waals surface area (Å²) in [5, 5.41) is 11.1. The third-order valence-electron chi connectivity index (χ3n) is 2.56. The Kier molecular flexibility index (Phi) is 5.00. The molecule has 18 heavy (non-hydrogen) atoms. The molecular formula is C11H17F2N3O2. The summed E-state index contributed by atoms with van der Waals surface area (Å²) in [7, 11) is 0. The smallest absolute Gasteiger partial charge is 0.261 e. The minimum atomic E-state index is -2.43. The van der Waals surface area contributed by atoms with Gasteiger partial charge in [0.05, 0.1) is 6.61 Å². The van der Waals surface area contributed by atoms with Crippen molar-refractivity contribution in [2.75, 3.05) is 19.8 Å². The Labute approximate surface area is 104 Å². The Morgan fingerprint density at radius 3 is 2.67 bits per heavy atom. The normalized spacial score (nSPS) is 15.5. The van der Waals surface area contributed by atoms with E-state index in [4.69, 9.17) is 9.15 Å². The van der Waals surface area contributed by atoms with Crippen molar-refractivity contribution in [3.05, 3.63) is 11.8 Å². The minimum absolute atomic E-state index is 0.173. The maximum Gasteiger partial charge on any atom is 0.261 e. The highest BCUT2D eigenvalue weighted by Gasteiger charge is 2.20. The molecule has 0 atom stereocenters. The fraction of sp³-hybridized carbons (Fsp3) is 0.818. The third-order valence-corrected chi connectivity index (χ3v) is 2.56. The molecule has 1 aromatic heterocycles. The molecule has 0 aromatic carbocycles. The zero-order chi connectivity index (χ0) is 12.8. The van der Waals surface area contributed by atoms with E-state index < -0.39 is 13.0 Å². The lowest BCUT2D eigenvalue weighted by Crippen LogP contribution is -2.19. The van der Waals surface area contributed by atoms with E-state index in [0.29, 0.717) is 30.7 Å². The summed E-state index contributed by atoms with van der Waals surface area (Å²) in [4.78, 5) is 0. The second-order valence-electron chi connectivity index (χ2n) is 4.28. The van der Waals surface area contributed by atoms with Gasteiger partial charge < -0.3 is 14.5 Å². The van der Waals surface area contributed by atoms with E-state index in [2.05, 4.69) is 15.5 Å². The van der Waals surface area contributed by atoms with Gasteiger partial charge >= 0.3 is 0 Å². The number of aromatic nitrogens is 2. The molecule has 0 unspecified atom stereocenters. The van der Waals surface area contributed by atoms with Gasteiger partial charge in [0.1, 0.15) is 6.61 Å². The molecule has 1 aromatic rings. The van der Waals surface area contributed by atoms with Crippen LogP contribution in [0.15, 0.2) is 4.42 Å². The highest BCUT2D eigenvalue weighted by Crippen LogP contribution is 2.18. The zero-order valence-electron chi connectivity index (χ0n) is 10.1. The number of halogens is 2. The Hall–Kier alpha value is -1.08. The van der Waals surface area contributed by atoms with Crippen molar-refractivity contribution in [2.24, 2.45) is 0 Å². The second kappa shape index (κ2) is 6.75. The second-order valence-corrected chi connectivity index (χ2v) is 4.28. The average Bonchev–Trinajstić information content (AvgIpc) is 3.04. The molecule has 102 valence electrons. The van der Waals surface area contributed by atoms with Gasteiger partial charge in [-0.1, -0.05) is 0 Å². The molecular weight excluding hydrogens is 244 g/mol. The molecule has 1 N–H and O–H groups in total. The van der Waals surface area contributed by atoms with Gasteiger partial charge in [0, 0.05) is 25.4 Å². The third kappa shape index (κ3) is 5.05. The predicted molar refractivity (Wildman–Crippen MR) is 59.6 cm³/mol. The maximum atomic E-state index is 11.8. The Bertz CT molecular complexity index is 356. The van der Waals surface area contributed by atoms with Crippen molar-refractivity contribution in [2.45, 2.75) is 38.2 Å². The van der Waals surface area contributed by atoms with Crippen molar-refractivity contribution in [1.82, 2.24) is 15.5 Å². The lowest BCUT2D eigenvalue weighted by Gasteiger charge is -2.00. The van der Waals surface area contributed by atoms with Crippen LogP contribution in [0.3, 0.4) is 0 Å². The number of nitrogens with zero attached hydrogens (tertiary/aromatic N) is 2. The Morgan fingerprint density at radius 1 is 1.28 bits per heavy atom. The van der Waals surface area contributed by atoms with Crippen LogP contribution >= 0.6 is 0 Å². The SMILES string of the molecule is FC(F)COCCc1nnc(CCNC2CC2)o1. The van der Waals surface area contributed by atoms with E-state index in [-0.39, 0.29) is 6.61 Å². The minimum Gasteiger partial charge on any atom is -0.425 e. The highest BCUT2D eigenvalue weighted by atomic mass is 19.3. The molecule has 0 radical (unpaired) electrons. The molecule has 1 saturated carbocycles. The van der Waals surface area contributed by atoms with Crippen molar-refractivity contribution in [1.29, 1.82) is 0 Å². The lowest BCUT2D eigenvalue weighted by molar-refractivity contribution is 0.0173. The van der Waals surface area contributed by atoms with E-state index in [9.17, 15) is 8.78 Å². The van der Waals surface area contributed by atoms with Gasteiger partial charge in [-0.2, -0.15) is 0 Å². The van der Waals surface area contributed by atoms with Gasteiger partial charge in [-0.05, 0) is 12.8 Å². The molecule has 0 amide bonds. The van der Waals surface area contributed by atoms with E-state index in [0.717, 1.165) is 6.54 Å². The molecule has 1 heterocycles. The first-order valence-corrected chi connectivity index (χ1v) is 6.14. The predicted octanol–water partition coefficient (Wildman–Crippen LogP) is 1.19. The van der Waals surface area contributed by atoms with Crippen molar-refractivity contribution in [3.63, 3.8) is 0 Å². The first kappa shape index (κ1) is 13.4. The standard InChI is InChI=1S/C11H17F2N3O2/c12-9(13)7-17-6-4-11-16-15-10(18-11)3-5-14-8-1-2-8/h8-9,14H,1-7H2. The fourth-order valence-electron chi connectivity index (χ4n) is 1.49. The summed E-state index contributed by atoms with van der Waals surface area (Å²) in [6.07, 6.45) is 1.13. The number of hydrogen-bond donors (Lipinski definition) is 1. The number of rotatable bonds is 9. The molecule has 0 aliphatic heterocycles. The molecule has 2 rings (SSSR count). The van der Waals surface area contributed by atoms with Gasteiger partial charge in [-0.25, -0.2) is 8.78 Å². The molecule has 0 saturated heterocycles. The van der Waals surface area contributed by atoms with Gasteiger partial charge in [0.25, 0.3) is 6.43 Å². The molecule has 0 spiro atoms. The van der Waals surface area contributed by atoms with Crippen molar-refractivity contribution < 1.29 is 17.9 Å². The van der Waals surface area contributed by atoms with Crippen LogP contribution in [-0.2, 0) is 17.6 Å². The Morgan fingerprint density at radius 2 is 2.00 bits per heavy atom. The van der Waals surface area contributed by atoms with Crippen LogP contribution in [0.4, 0.5) is 8.78 Å². The van der Waals surface area contributed by atoms with Gasteiger partial charge in [0.2, 0.25) is 11.8 Å². The summed E-state index contributed by atoms with van der Waals surface area (Å²) in [5.74, 6) is 1.01. The van der Waals surface area contributed by atoms with E-state index in [1.165, 1.54) is 12.8 Å². The first-order valence-electron chi connectivity index (χ1n) is 6.14. The van der Waals surface area contributed by atoms with E-state index in [1.807, 2.05) is 0 Å². The molecule has 1 aliphatic carbocycles. The summed E-state index contributed by atoms with van der Waals surface area (Å²) in [6.45, 7) is 0.451. The van der Waals surface area contributed by atoms with Crippen molar-refractivity contribution in [3.8, 4) is 0 Å². The fourth-order valence-corrected chi connectivity index (χ4v) is 1.49. The quantitative estimate of drug-likeness (QED) is 0.677. The molecule has 1 fully saturated rings. The van der Waals surface area contributed by atoms with Crippen LogP contribution in [0.25, 0.3) is 0 Å². The van der Waals surface area contributed by atoms with Crippen LogP contribution in [-0.4, -0.2) is 42.4 Å². The molecule has 0 bridgehead atoms. The summed E-state index contributed by atoms with van der Waals surface area (Å²) in [5.41, 5.74) is 0. The van der Waals surface area contributed by atoms with Crippen LogP contribution in [0.5, 0.6) is 0 Å². The van der Waals surface area contributed by atoms with Gasteiger partial charge in [-0.15, -0.1) is 10.2 Å². The maximum absolute atomic E-state index is 11.8. The lowest BCUT2D eigenvalue weighted by atomic mass is 10.4. The van der Waals surface area contributed by atoms with Gasteiger partial charge in [0.15, 0.2) is 0 Å². The number of hydrogen-bond acceptors (Lipinski definition) is 5.